The number of carbonyl (C=O) groups excluding carboxylic acids is 1. The van der Waals surface area contributed by atoms with Gasteiger partial charge in [-0.05, 0) is 54.1 Å². The fraction of sp³-hybridized carbons (Fsp3) is 0.0909. The van der Waals surface area contributed by atoms with Crippen molar-refractivity contribution in [3.05, 3.63) is 99.6 Å². The molecule has 148 valence electrons. The number of halogens is 3. The topological polar surface area (TPSA) is 50.8 Å². The SMILES string of the molecule is Br.N=c1n(CC(=O)c2ccc(Cl)cc2)c2ccccc2n1Cc1ccc(Cl)cc1. The van der Waals surface area contributed by atoms with Gasteiger partial charge in [-0.1, -0.05) is 47.5 Å². The number of nitrogens with one attached hydrogen (secondary N) is 1. The highest BCUT2D eigenvalue weighted by molar-refractivity contribution is 8.93. The van der Waals surface area contributed by atoms with Crippen molar-refractivity contribution >= 4 is 57.0 Å². The minimum Gasteiger partial charge on any atom is -0.306 e. The number of benzene rings is 3. The van der Waals surface area contributed by atoms with Gasteiger partial charge in [0.05, 0.1) is 24.1 Å². The maximum Gasteiger partial charge on any atom is 0.203 e. The van der Waals surface area contributed by atoms with Crippen LogP contribution in [-0.2, 0) is 13.1 Å². The number of carbonyl (C=O) groups is 1. The molecule has 0 aliphatic heterocycles. The summed E-state index contributed by atoms with van der Waals surface area (Å²) in [6.07, 6.45) is 0. The first-order chi connectivity index (χ1) is 13.5. The van der Waals surface area contributed by atoms with Gasteiger partial charge in [0.25, 0.3) is 0 Å². The number of aromatic nitrogens is 2. The Morgan fingerprint density at radius 1 is 0.793 bits per heavy atom. The lowest BCUT2D eigenvalue weighted by atomic mass is 10.1. The maximum absolute atomic E-state index is 12.8. The molecule has 0 aliphatic rings. The van der Waals surface area contributed by atoms with E-state index in [0.717, 1.165) is 16.6 Å². The van der Waals surface area contributed by atoms with Gasteiger partial charge in [0.1, 0.15) is 0 Å². The molecule has 1 N–H and O–H groups in total. The van der Waals surface area contributed by atoms with Crippen LogP contribution >= 0.6 is 40.2 Å². The second-order valence-electron chi connectivity index (χ2n) is 6.54. The highest BCUT2D eigenvalue weighted by atomic mass is 79.9. The molecular formula is C22H18BrCl2N3O. The molecule has 29 heavy (non-hydrogen) atoms. The molecule has 0 atom stereocenters. The Morgan fingerprint density at radius 2 is 1.31 bits per heavy atom. The molecule has 0 amide bonds. The average molecular weight is 491 g/mol. The first kappa shape index (κ1) is 21.4. The van der Waals surface area contributed by atoms with E-state index in [1.165, 1.54) is 0 Å². The van der Waals surface area contributed by atoms with E-state index in [0.29, 0.717) is 22.2 Å². The molecule has 1 heterocycles. The predicted octanol–water partition coefficient (Wildman–Crippen LogP) is 5.74. The molecule has 7 heteroatoms. The van der Waals surface area contributed by atoms with Crippen LogP contribution in [0, 0.1) is 5.41 Å². The number of hydrogen-bond acceptors (Lipinski definition) is 2. The van der Waals surface area contributed by atoms with Crippen LogP contribution in [0.1, 0.15) is 15.9 Å². The third-order valence-corrected chi connectivity index (χ3v) is 5.20. The molecule has 0 unspecified atom stereocenters. The zero-order valence-electron chi connectivity index (χ0n) is 15.3. The number of nitrogens with zero attached hydrogens (tertiary/aromatic N) is 2. The van der Waals surface area contributed by atoms with E-state index in [1.807, 2.05) is 53.1 Å². The van der Waals surface area contributed by atoms with Gasteiger partial charge in [-0.2, -0.15) is 0 Å². The largest absolute Gasteiger partial charge is 0.306 e. The molecule has 0 radical (unpaired) electrons. The van der Waals surface area contributed by atoms with Gasteiger partial charge in [0.2, 0.25) is 5.62 Å². The number of ketones is 1. The van der Waals surface area contributed by atoms with Crippen LogP contribution in [0.25, 0.3) is 11.0 Å². The Morgan fingerprint density at radius 3 is 1.90 bits per heavy atom. The first-order valence-corrected chi connectivity index (χ1v) is 9.54. The van der Waals surface area contributed by atoms with Crippen LogP contribution in [0.4, 0.5) is 0 Å². The molecule has 3 aromatic carbocycles. The lowest BCUT2D eigenvalue weighted by Crippen LogP contribution is -2.27. The van der Waals surface area contributed by atoms with E-state index in [9.17, 15) is 4.79 Å². The second kappa shape index (κ2) is 8.99. The van der Waals surface area contributed by atoms with Crippen LogP contribution in [0.15, 0.2) is 72.8 Å². The normalized spacial score (nSPS) is 10.7. The zero-order chi connectivity index (χ0) is 19.7. The van der Waals surface area contributed by atoms with E-state index in [1.54, 1.807) is 28.8 Å². The molecule has 0 saturated heterocycles. The molecule has 4 rings (SSSR count). The average Bonchev–Trinajstić information content (AvgIpc) is 2.96. The lowest BCUT2D eigenvalue weighted by molar-refractivity contribution is 0.0971. The highest BCUT2D eigenvalue weighted by Crippen LogP contribution is 2.17. The van der Waals surface area contributed by atoms with Gasteiger partial charge < -0.3 is 9.13 Å². The van der Waals surface area contributed by atoms with Crippen LogP contribution in [0.3, 0.4) is 0 Å². The summed E-state index contributed by atoms with van der Waals surface area (Å²) in [6.45, 7) is 0.618. The minimum atomic E-state index is -0.0652. The lowest BCUT2D eigenvalue weighted by Gasteiger charge is -2.06. The Kier molecular flexibility index (Phi) is 6.63. The molecule has 1 aromatic heterocycles. The van der Waals surface area contributed by atoms with Gasteiger partial charge in [0, 0.05) is 15.6 Å². The van der Waals surface area contributed by atoms with Crippen LogP contribution in [-0.4, -0.2) is 14.9 Å². The fourth-order valence-electron chi connectivity index (χ4n) is 3.26. The van der Waals surface area contributed by atoms with Crippen molar-refractivity contribution in [1.29, 1.82) is 5.41 Å². The van der Waals surface area contributed by atoms with Crippen molar-refractivity contribution in [2.75, 3.05) is 0 Å². The summed E-state index contributed by atoms with van der Waals surface area (Å²) in [5.74, 6) is -0.0652. The quantitative estimate of drug-likeness (QED) is 0.356. The third kappa shape index (κ3) is 4.47. The number of imidazole rings is 1. The fourth-order valence-corrected chi connectivity index (χ4v) is 3.51. The van der Waals surface area contributed by atoms with Crippen molar-refractivity contribution in [2.24, 2.45) is 0 Å². The Balaban J connectivity index is 0.00000240. The van der Waals surface area contributed by atoms with Gasteiger partial charge in [-0.15, -0.1) is 17.0 Å². The molecule has 0 aliphatic carbocycles. The van der Waals surface area contributed by atoms with Crippen molar-refractivity contribution in [2.45, 2.75) is 13.1 Å². The molecule has 0 bridgehead atoms. The number of para-hydroxylation sites is 2. The van der Waals surface area contributed by atoms with Crippen LogP contribution in [0.5, 0.6) is 0 Å². The van der Waals surface area contributed by atoms with Crippen LogP contribution in [0.2, 0.25) is 10.0 Å². The molecule has 0 fully saturated rings. The van der Waals surface area contributed by atoms with Crippen molar-refractivity contribution < 1.29 is 4.79 Å². The second-order valence-corrected chi connectivity index (χ2v) is 7.41. The highest BCUT2D eigenvalue weighted by Gasteiger charge is 2.15. The Bertz CT molecular complexity index is 1210. The maximum atomic E-state index is 12.8. The van der Waals surface area contributed by atoms with E-state index < -0.39 is 0 Å². The number of Topliss-reactive ketones (excluding diaryl/α,β-unsaturated/α-hetero) is 1. The van der Waals surface area contributed by atoms with Gasteiger partial charge in [-0.25, -0.2) is 0 Å². The van der Waals surface area contributed by atoms with Crippen LogP contribution < -0.4 is 5.62 Å². The van der Waals surface area contributed by atoms with Gasteiger partial charge in [-0.3, -0.25) is 10.2 Å². The van der Waals surface area contributed by atoms with Crippen molar-refractivity contribution in [3.8, 4) is 0 Å². The Hall–Kier alpha value is -2.34. The third-order valence-electron chi connectivity index (χ3n) is 4.70. The predicted molar refractivity (Wildman–Crippen MR) is 122 cm³/mol. The van der Waals surface area contributed by atoms with Gasteiger partial charge in [0.15, 0.2) is 5.78 Å². The standard InChI is InChI=1S/C22H17Cl2N3O.BrH/c23-17-9-5-15(6-10-17)13-26-19-3-1-2-4-20(19)27(22(26)25)14-21(28)16-7-11-18(24)12-8-16;/h1-12,25H,13-14H2;1H. The molecule has 4 nitrogen and oxygen atoms in total. The van der Waals surface area contributed by atoms with E-state index in [4.69, 9.17) is 28.6 Å². The number of fused-ring (bicyclic) bond motifs is 1. The van der Waals surface area contributed by atoms with E-state index in [2.05, 4.69) is 0 Å². The van der Waals surface area contributed by atoms with E-state index in [-0.39, 0.29) is 34.9 Å². The molecule has 4 aromatic rings. The van der Waals surface area contributed by atoms with Gasteiger partial charge >= 0.3 is 0 Å². The summed E-state index contributed by atoms with van der Waals surface area (Å²) in [4.78, 5) is 12.8. The monoisotopic (exact) mass is 489 g/mol. The summed E-state index contributed by atoms with van der Waals surface area (Å²) in [5, 5.41) is 9.95. The zero-order valence-corrected chi connectivity index (χ0v) is 18.5. The number of rotatable bonds is 5. The van der Waals surface area contributed by atoms with E-state index >= 15 is 0 Å². The smallest absolute Gasteiger partial charge is 0.203 e. The molecule has 0 saturated carbocycles. The van der Waals surface area contributed by atoms with Crippen molar-refractivity contribution in [3.63, 3.8) is 0 Å². The van der Waals surface area contributed by atoms with Crippen molar-refractivity contribution in [1.82, 2.24) is 9.13 Å². The minimum absolute atomic E-state index is 0. The Labute approximate surface area is 188 Å². The summed E-state index contributed by atoms with van der Waals surface area (Å²) in [5.41, 5.74) is 3.65. The summed E-state index contributed by atoms with van der Waals surface area (Å²) < 4.78 is 3.63. The summed E-state index contributed by atoms with van der Waals surface area (Å²) >= 11 is 11.9. The summed E-state index contributed by atoms with van der Waals surface area (Å²) in [6, 6.07) is 22.1. The number of hydrogen-bond donors (Lipinski definition) is 1. The molecular weight excluding hydrogens is 473 g/mol. The summed E-state index contributed by atoms with van der Waals surface area (Å²) in [7, 11) is 0. The first-order valence-electron chi connectivity index (χ1n) is 8.79. The molecule has 0 spiro atoms.